The molecule has 2 rings (SSSR count). The predicted molar refractivity (Wildman–Crippen MR) is 84.9 cm³/mol. The van der Waals surface area contributed by atoms with Crippen molar-refractivity contribution in [2.24, 2.45) is 0 Å². The summed E-state index contributed by atoms with van der Waals surface area (Å²) in [5.74, 6) is 1.03. The zero-order valence-electron chi connectivity index (χ0n) is 12.7. The van der Waals surface area contributed by atoms with Gasteiger partial charge < -0.3 is 10.1 Å². The van der Waals surface area contributed by atoms with Crippen LogP contribution in [-0.4, -0.2) is 19.6 Å². The van der Waals surface area contributed by atoms with Gasteiger partial charge in [0.1, 0.15) is 5.75 Å². The summed E-state index contributed by atoms with van der Waals surface area (Å²) in [6, 6.07) is 15.6. The fourth-order valence-corrected chi connectivity index (χ4v) is 2.27. The van der Waals surface area contributed by atoms with Crippen LogP contribution in [0.4, 0.5) is 0 Å². The quantitative estimate of drug-likeness (QED) is 0.911. The van der Waals surface area contributed by atoms with Gasteiger partial charge in [0.05, 0.1) is 7.11 Å². The van der Waals surface area contributed by atoms with Crippen molar-refractivity contribution in [1.82, 2.24) is 5.32 Å². The maximum absolute atomic E-state index is 12.2. The zero-order chi connectivity index (χ0) is 15.2. The molecule has 1 atom stereocenters. The molecular formula is C18H21NO2. The molecule has 0 heterocycles. The highest BCUT2D eigenvalue weighted by Gasteiger charge is 2.10. The zero-order valence-corrected chi connectivity index (χ0v) is 12.7. The van der Waals surface area contributed by atoms with Crippen LogP contribution in [0.1, 0.15) is 34.3 Å². The number of hydrogen-bond donors (Lipinski definition) is 1. The summed E-state index contributed by atoms with van der Waals surface area (Å²) in [7, 11) is 1.63. The molecule has 0 fully saturated rings. The van der Waals surface area contributed by atoms with E-state index < -0.39 is 0 Å². The Balaban J connectivity index is 1.97. The minimum Gasteiger partial charge on any atom is -0.496 e. The van der Waals surface area contributed by atoms with Crippen LogP contribution in [0, 0.1) is 6.92 Å². The molecule has 0 bridgehead atoms. The fraction of sp³-hybridized carbons (Fsp3) is 0.278. The normalized spacial score (nSPS) is 11.8. The van der Waals surface area contributed by atoms with Crippen LogP contribution in [0.3, 0.4) is 0 Å². The second kappa shape index (κ2) is 6.93. The number of aryl methyl sites for hydroxylation is 1. The van der Waals surface area contributed by atoms with Crippen molar-refractivity contribution >= 4 is 5.91 Å². The number of methoxy groups -OCH3 is 1. The van der Waals surface area contributed by atoms with Crippen LogP contribution in [0.15, 0.2) is 48.5 Å². The molecule has 0 aliphatic rings. The standard InChI is InChI=1S/C18H21NO2/c1-13-11-16(9-10-17(13)21-3)18(20)19-12-14(2)15-7-5-4-6-8-15/h4-11,14H,12H2,1-3H3,(H,19,20). The second-order valence-corrected chi connectivity index (χ2v) is 5.21. The summed E-state index contributed by atoms with van der Waals surface area (Å²) in [4.78, 5) is 12.2. The number of hydrogen-bond acceptors (Lipinski definition) is 2. The first kappa shape index (κ1) is 15.1. The average Bonchev–Trinajstić information content (AvgIpc) is 2.53. The molecule has 110 valence electrons. The molecule has 3 heteroatoms. The Morgan fingerprint density at radius 1 is 1.19 bits per heavy atom. The summed E-state index contributed by atoms with van der Waals surface area (Å²) < 4.78 is 5.20. The van der Waals surface area contributed by atoms with Crippen LogP contribution in [0.5, 0.6) is 5.75 Å². The van der Waals surface area contributed by atoms with Crippen LogP contribution in [0.2, 0.25) is 0 Å². The van der Waals surface area contributed by atoms with Gasteiger partial charge in [-0.15, -0.1) is 0 Å². The highest BCUT2D eigenvalue weighted by molar-refractivity contribution is 5.94. The van der Waals surface area contributed by atoms with Crippen molar-refractivity contribution in [2.45, 2.75) is 19.8 Å². The first-order chi connectivity index (χ1) is 10.1. The summed E-state index contributed by atoms with van der Waals surface area (Å²) in [6.45, 7) is 4.66. The van der Waals surface area contributed by atoms with E-state index in [1.54, 1.807) is 13.2 Å². The van der Waals surface area contributed by atoms with E-state index in [1.165, 1.54) is 5.56 Å². The van der Waals surface area contributed by atoms with Gasteiger partial charge in [0.15, 0.2) is 0 Å². The number of carbonyl (C=O) groups excluding carboxylic acids is 1. The lowest BCUT2D eigenvalue weighted by atomic mass is 10.0. The molecule has 0 saturated heterocycles. The molecule has 1 unspecified atom stereocenters. The van der Waals surface area contributed by atoms with E-state index in [0.29, 0.717) is 12.1 Å². The molecular weight excluding hydrogens is 262 g/mol. The molecule has 21 heavy (non-hydrogen) atoms. The lowest BCUT2D eigenvalue weighted by Gasteiger charge is -2.13. The summed E-state index contributed by atoms with van der Waals surface area (Å²) >= 11 is 0. The van der Waals surface area contributed by atoms with Gasteiger partial charge in [0.2, 0.25) is 0 Å². The van der Waals surface area contributed by atoms with Crippen molar-refractivity contribution in [3.05, 3.63) is 65.2 Å². The smallest absolute Gasteiger partial charge is 0.251 e. The summed E-state index contributed by atoms with van der Waals surface area (Å²) in [5, 5.41) is 2.98. The van der Waals surface area contributed by atoms with Crippen molar-refractivity contribution in [1.29, 1.82) is 0 Å². The van der Waals surface area contributed by atoms with Crippen LogP contribution in [-0.2, 0) is 0 Å². The van der Waals surface area contributed by atoms with Crippen LogP contribution < -0.4 is 10.1 Å². The molecule has 0 spiro atoms. The van der Waals surface area contributed by atoms with E-state index in [1.807, 2.05) is 37.3 Å². The molecule has 1 N–H and O–H groups in total. The van der Waals surface area contributed by atoms with Gasteiger partial charge in [0.25, 0.3) is 5.91 Å². The van der Waals surface area contributed by atoms with E-state index in [-0.39, 0.29) is 11.8 Å². The molecule has 2 aromatic carbocycles. The van der Waals surface area contributed by atoms with Gasteiger partial charge in [-0.1, -0.05) is 37.3 Å². The first-order valence-corrected chi connectivity index (χ1v) is 7.09. The van der Waals surface area contributed by atoms with E-state index in [2.05, 4.69) is 24.4 Å². The van der Waals surface area contributed by atoms with Gasteiger partial charge in [-0.05, 0) is 42.2 Å². The van der Waals surface area contributed by atoms with Crippen molar-refractivity contribution in [3.63, 3.8) is 0 Å². The number of amides is 1. The maximum Gasteiger partial charge on any atom is 0.251 e. The van der Waals surface area contributed by atoms with Gasteiger partial charge >= 0.3 is 0 Å². The summed E-state index contributed by atoms with van der Waals surface area (Å²) in [5.41, 5.74) is 2.85. The third-order valence-electron chi connectivity index (χ3n) is 3.59. The van der Waals surface area contributed by atoms with E-state index in [9.17, 15) is 4.79 Å². The lowest BCUT2D eigenvalue weighted by molar-refractivity contribution is 0.0951. The van der Waals surface area contributed by atoms with Crippen LogP contribution in [0.25, 0.3) is 0 Å². The fourth-order valence-electron chi connectivity index (χ4n) is 2.27. The van der Waals surface area contributed by atoms with Gasteiger partial charge in [-0.25, -0.2) is 0 Å². The van der Waals surface area contributed by atoms with E-state index in [4.69, 9.17) is 4.74 Å². The molecule has 0 aromatic heterocycles. The van der Waals surface area contributed by atoms with Crippen molar-refractivity contribution < 1.29 is 9.53 Å². The number of carbonyl (C=O) groups is 1. The highest BCUT2D eigenvalue weighted by atomic mass is 16.5. The van der Waals surface area contributed by atoms with E-state index in [0.717, 1.165) is 11.3 Å². The predicted octanol–water partition coefficient (Wildman–Crippen LogP) is 3.54. The van der Waals surface area contributed by atoms with Gasteiger partial charge in [-0.3, -0.25) is 4.79 Å². The van der Waals surface area contributed by atoms with Crippen molar-refractivity contribution in [3.8, 4) is 5.75 Å². The Labute approximate surface area is 126 Å². The lowest BCUT2D eigenvalue weighted by Crippen LogP contribution is -2.27. The first-order valence-electron chi connectivity index (χ1n) is 7.09. The van der Waals surface area contributed by atoms with E-state index >= 15 is 0 Å². The third kappa shape index (κ3) is 3.85. The topological polar surface area (TPSA) is 38.3 Å². The Bertz CT molecular complexity index is 608. The molecule has 0 aliphatic carbocycles. The maximum atomic E-state index is 12.2. The number of nitrogens with one attached hydrogen (secondary N) is 1. The number of benzene rings is 2. The third-order valence-corrected chi connectivity index (χ3v) is 3.59. The van der Waals surface area contributed by atoms with Crippen molar-refractivity contribution in [2.75, 3.05) is 13.7 Å². The van der Waals surface area contributed by atoms with Gasteiger partial charge in [-0.2, -0.15) is 0 Å². The Morgan fingerprint density at radius 3 is 2.52 bits per heavy atom. The Morgan fingerprint density at radius 2 is 1.90 bits per heavy atom. The molecule has 0 aliphatic heterocycles. The Hall–Kier alpha value is -2.29. The SMILES string of the molecule is COc1ccc(C(=O)NCC(C)c2ccccc2)cc1C. The molecule has 2 aromatic rings. The molecule has 3 nitrogen and oxygen atoms in total. The average molecular weight is 283 g/mol. The monoisotopic (exact) mass is 283 g/mol. The number of ether oxygens (including phenoxy) is 1. The highest BCUT2D eigenvalue weighted by Crippen LogP contribution is 2.19. The minimum absolute atomic E-state index is 0.0523. The second-order valence-electron chi connectivity index (χ2n) is 5.21. The molecule has 0 saturated carbocycles. The Kier molecular flexibility index (Phi) is 4.99. The largest absolute Gasteiger partial charge is 0.496 e. The molecule has 1 amide bonds. The molecule has 0 radical (unpaired) electrons. The summed E-state index contributed by atoms with van der Waals surface area (Å²) in [6.07, 6.45) is 0. The van der Waals surface area contributed by atoms with Gasteiger partial charge in [0, 0.05) is 12.1 Å². The number of rotatable bonds is 5. The minimum atomic E-state index is -0.0523. The van der Waals surface area contributed by atoms with Crippen LogP contribution >= 0.6 is 0 Å².